The van der Waals surface area contributed by atoms with Gasteiger partial charge >= 0.3 is 0 Å². The highest BCUT2D eigenvalue weighted by atomic mass is 32.1. The summed E-state index contributed by atoms with van der Waals surface area (Å²) in [5.74, 6) is -0.175. The summed E-state index contributed by atoms with van der Waals surface area (Å²) in [7, 11) is 0. The molecule has 0 spiro atoms. The van der Waals surface area contributed by atoms with Crippen LogP contribution in [0.15, 0.2) is 48.0 Å². The van der Waals surface area contributed by atoms with Crippen LogP contribution < -0.4 is 5.32 Å². The summed E-state index contributed by atoms with van der Waals surface area (Å²) in [6.07, 6.45) is 1.57. The Kier molecular flexibility index (Phi) is 3.70. The van der Waals surface area contributed by atoms with E-state index in [-0.39, 0.29) is 5.91 Å². The van der Waals surface area contributed by atoms with Crippen molar-refractivity contribution in [2.45, 2.75) is 6.92 Å². The Morgan fingerprint density at radius 2 is 1.95 bits per heavy atom. The van der Waals surface area contributed by atoms with Crippen LogP contribution in [-0.4, -0.2) is 20.5 Å². The van der Waals surface area contributed by atoms with Gasteiger partial charge in [0, 0.05) is 28.5 Å². The number of anilines is 1. The van der Waals surface area contributed by atoms with Crippen LogP contribution in [0.1, 0.15) is 16.1 Å². The minimum atomic E-state index is -0.175. The normalized spacial score (nSPS) is 10.3. The minimum Gasteiger partial charge on any atom is -0.322 e. The second-order valence-corrected chi connectivity index (χ2v) is 5.12. The van der Waals surface area contributed by atoms with E-state index >= 15 is 0 Å². The summed E-state index contributed by atoms with van der Waals surface area (Å²) in [6, 6.07) is 11.1. The molecule has 5 nitrogen and oxygen atoms in total. The van der Waals surface area contributed by atoms with Gasteiger partial charge < -0.3 is 5.32 Å². The van der Waals surface area contributed by atoms with Crippen molar-refractivity contribution in [2.75, 3.05) is 5.32 Å². The van der Waals surface area contributed by atoms with Gasteiger partial charge in [0.2, 0.25) is 0 Å². The summed E-state index contributed by atoms with van der Waals surface area (Å²) < 4.78 is 3.83. The first-order valence-electron chi connectivity index (χ1n) is 6.34. The third-order valence-corrected chi connectivity index (χ3v) is 3.48. The molecule has 21 heavy (non-hydrogen) atoms. The monoisotopic (exact) mass is 296 g/mol. The van der Waals surface area contributed by atoms with Crippen molar-refractivity contribution >= 4 is 23.1 Å². The number of hydrogen-bond donors (Lipinski definition) is 1. The number of benzene rings is 1. The smallest absolute Gasteiger partial charge is 0.257 e. The van der Waals surface area contributed by atoms with E-state index in [1.807, 2.05) is 42.6 Å². The lowest BCUT2D eigenvalue weighted by Gasteiger charge is -2.06. The number of aryl methyl sites for hydroxylation is 1. The third-order valence-electron chi connectivity index (χ3n) is 2.97. The maximum absolute atomic E-state index is 12.1. The number of carbonyl (C=O) groups excluding carboxylic acids is 1. The molecule has 0 radical (unpaired) electrons. The van der Waals surface area contributed by atoms with Crippen LogP contribution in [0.4, 0.5) is 5.69 Å². The van der Waals surface area contributed by atoms with E-state index in [9.17, 15) is 4.79 Å². The lowest BCUT2D eigenvalue weighted by atomic mass is 10.1. The molecule has 0 saturated heterocycles. The van der Waals surface area contributed by atoms with Crippen molar-refractivity contribution in [3.05, 3.63) is 59.2 Å². The first-order valence-corrected chi connectivity index (χ1v) is 7.17. The predicted octanol–water partition coefficient (Wildman–Crippen LogP) is 3.16. The highest BCUT2D eigenvalue weighted by Gasteiger charge is 2.07. The van der Waals surface area contributed by atoms with E-state index in [1.165, 1.54) is 11.5 Å². The van der Waals surface area contributed by atoms with E-state index in [4.69, 9.17) is 0 Å². The largest absolute Gasteiger partial charge is 0.322 e. The number of pyridine rings is 1. The topological polar surface area (TPSA) is 67.8 Å². The summed E-state index contributed by atoms with van der Waals surface area (Å²) in [4.78, 5) is 16.2. The Morgan fingerprint density at radius 3 is 2.57 bits per heavy atom. The van der Waals surface area contributed by atoms with Gasteiger partial charge in [0.05, 0.1) is 5.56 Å². The summed E-state index contributed by atoms with van der Waals surface area (Å²) in [6.45, 7) is 1.88. The average molecular weight is 296 g/mol. The number of aromatic nitrogens is 3. The fraction of sp³-hybridized carbons (Fsp3) is 0.0667. The Bertz CT molecular complexity index is 736. The molecule has 1 amide bonds. The third kappa shape index (κ3) is 3.11. The maximum Gasteiger partial charge on any atom is 0.257 e. The number of rotatable bonds is 3. The van der Waals surface area contributed by atoms with E-state index < -0.39 is 0 Å². The lowest BCUT2D eigenvalue weighted by molar-refractivity contribution is 0.102. The highest BCUT2D eigenvalue weighted by Crippen LogP contribution is 2.20. The van der Waals surface area contributed by atoms with Crippen molar-refractivity contribution in [3.8, 4) is 11.3 Å². The molecule has 0 bridgehead atoms. The molecule has 0 aliphatic rings. The van der Waals surface area contributed by atoms with Crippen LogP contribution in [-0.2, 0) is 0 Å². The zero-order valence-electron chi connectivity index (χ0n) is 11.3. The molecule has 0 fully saturated rings. The number of hydrogen-bond acceptors (Lipinski definition) is 5. The Labute approximate surface area is 125 Å². The van der Waals surface area contributed by atoms with Gasteiger partial charge in [0.25, 0.3) is 5.91 Å². The molecular weight excluding hydrogens is 284 g/mol. The number of carbonyl (C=O) groups is 1. The van der Waals surface area contributed by atoms with Gasteiger partial charge in [-0.15, -0.1) is 5.10 Å². The van der Waals surface area contributed by atoms with Gasteiger partial charge in [-0.1, -0.05) is 16.6 Å². The van der Waals surface area contributed by atoms with Crippen LogP contribution in [0.5, 0.6) is 0 Å². The number of nitrogens with zero attached hydrogens (tertiary/aromatic N) is 3. The lowest BCUT2D eigenvalue weighted by Crippen LogP contribution is -2.12. The minimum absolute atomic E-state index is 0.175. The first-order chi connectivity index (χ1) is 10.2. The van der Waals surface area contributed by atoms with Gasteiger partial charge in [0.15, 0.2) is 0 Å². The van der Waals surface area contributed by atoms with Gasteiger partial charge in [-0.2, -0.15) is 0 Å². The van der Waals surface area contributed by atoms with Crippen molar-refractivity contribution in [3.63, 3.8) is 0 Å². The fourth-order valence-electron chi connectivity index (χ4n) is 1.82. The number of nitrogens with one attached hydrogen (secondary N) is 1. The van der Waals surface area contributed by atoms with E-state index in [0.717, 1.165) is 22.6 Å². The Hall–Kier alpha value is -2.60. The zero-order valence-corrected chi connectivity index (χ0v) is 12.1. The van der Waals surface area contributed by atoms with Crippen molar-refractivity contribution in [2.24, 2.45) is 0 Å². The molecular formula is C15H12N4OS. The van der Waals surface area contributed by atoms with Crippen LogP contribution in [0.3, 0.4) is 0 Å². The molecule has 0 unspecified atom stereocenters. The molecule has 6 heteroatoms. The molecule has 2 aromatic heterocycles. The van der Waals surface area contributed by atoms with Crippen molar-refractivity contribution < 1.29 is 4.79 Å². The van der Waals surface area contributed by atoms with Crippen LogP contribution >= 0.6 is 11.5 Å². The second kappa shape index (κ2) is 5.80. The van der Waals surface area contributed by atoms with Crippen molar-refractivity contribution in [1.82, 2.24) is 14.6 Å². The molecule has 104 valence electrons. The van der Waals surface area contributed by atoms with E-state index in [1.54, 1.807) is 12.3 Å². The van der Waals surface area contributed by atoms with Crippen LogP contribution in [0.2, 0.25) is 0 Å². The van der Waals surface area contributed by atoms with E-state index in [2.05, 4.69) is 19.9 Å². The van der Waals surface area contributed by atoms with Gasteiger partial charge in [-0.3, -0.25) is 9.78 Å². The molecule has 0 atom stereocenters. The standard InChI is InChI=1S/C15H12N4OS/c1-10-2-3-12(8-16-10)15(20)17-13-6-4-11(5-7-13)14-9-21-19-18-14/h2-9H,1H3,(H,17,20). The zero-order chi connectivity index (χ0) is 14.7. The Balaban J connectivity index is 1.73. The fourth-order valence-corrected chi connectivity index (χ4v) is 2.29. The summed E-state index contributed by atoms with van der Waals surface area (Å²) in [5, 5.41) is 8.72. The molecule has 3 rings (SSSR count). The van der Waals surface area contributed by atoms with Gasteiger partial charge in [-0.05, 0) is 42.7 Å². The first kappa shape index (κ1) is 13.4. The van der Waals surface area contributed by atoms with Crippen LogP contribution in [0.25, 0.3) is 11.3 Å². The summed E-state index contributed by atoms with van der Waals surface area (Å²) in [5.41, 5.74) is 3.95. The molecule has 0 aliphatic heterocycles. The molecule has 2 heterocycles. The predicted molar refractivity (Wildman–Crippen MR) is 82.3 cm³/mol. The Morgan fingerprint density at radius 1 is 1.14 bits per heavy atom. The molecule has 1 aromatic carbocycles. The van der Waals surface area contributed by atoms with Gasteiger partial charge in [0.1, 0.15) is 5.69 Å². The SMILES string of the molecule is Cc1ccc(C(=O)Nc2ccc(-c3csnn3)cc2)cn1. The molecule has 0 saturated carbocycles. The molecule has 3 aromatic rings. The van der Waals surface area contributed by atoms with Crippen LogP contribution in [0, 0.1) is 6.92 Å². The maximum atomic E-state index is 12.1. The van der Waals surface area contributed by atoms with Crippen molar-refractivity contribution in [1.29, 1.82) is 0 Å². The quantitative estimate of drug-likeness (QED) is 0.806. The second-order valence-electron chi connectivity index (χ2n) is 4.51. The average Bonchev–Trinajstić information content (AvgIpc) is 3.03. The summed E-state index contributed by atoms with van der Waals surface area (Å²) >= 11 is 1.31. The van der Waals surface area contributed by atoms with E-state index in [0.29, 0.717) is 5.56 Å². The number of amides is 1. The highest BCUT2D eigenvalue weighted by molar-refractivity contribution is 7.03. The van der Waals surface area contributed by atoms with Gasteiger partial charge in [-0.25, -0.2) is 0 Å². The molecule has 0 aliphatic carbocycles. The molecule has 1 N–H and O–H groups in total.